The van der Waals surface area contributed by atoms with E-state index in [-0.39, 0.29) is 25.6 Å². The van der Waals surface area contributed by atoms with Gasteiger partial charge in [0.15, 0.2) is 0 Å². The van der Waals surface area contributed by atoms with Gasteiger partial charge >= 0.3 is 12.1 Å². The molecule has 0 bridgehead atoms. The highest BCUT2D eigenvalue weighted by molar-refractivity contribution is 5.80. The molecule has 2 aromatic rings. The summed E-state index contributed by atoms with van der Waals surface area (Å²) in [5.74, 6) is -0.905. The monoisotopic (exact) mass is 393 g/mol. The zero-order valence-electron chi connectivity index (χ0n) is 16.0. The molecule has 2 aliphatic heterocycles. The van der Waals surface area contributed by atoms with Crippen LogP contribution in [0.4, 0.5) is 4.79 Å². The molecule has 6 nitrogen and oxygen atoms in total. The number of hydrogen-bond acceptors (Lipinski definition) is 4. The molecule has 3 aliphatic rings. The van der Waals surface area contributed by atoms with E-state index >= 15 is 0 Å². The van der Waals surface area contributed by atoms with Crippen LogP contribution in [0, 0.1) is 5.41 Å². The average Bonchev–Trinajstić information content (AvgIpc) is 3.30. The SMILES string of the molecule is O=C(OCC1c2ccccc2-c2ccccc21)N1C[C@H]2OCCC[C@@]2(C(=O)O)C1. The molecule has 0 unspecified atom stereocenters. The van der Waals surface area contributed by atoms with Crippen molar-refractivity contribution in [1.29, 1.82) is 0 Å². The highest BCUT2D eigenvalue weighted by Crippen LogP contribution is 2.45. The van der Waals surface area contributed by atoms with Gasteiger partial charge in [-0.25, -0.2) is 4.79 Å². The van der Waals surface area contributed by atoms with Crippen LogP contribution in [0.25, 0.3) is 11.1 Å². The molecule has 1 aliphatic carbocycles. The second-order valence-electron chi connectivity index (χ2n) is 8.11. The van der Waals surface area contributed by atoms with Gasteiger partial charge in [0.2, 0.25) is 0 Å². The van der Waals surface area contributed by atoms with E-state index in [4.69, 9.17) is 9.47 Å². The molecule has 1 amide bonds. The number of likely N-dealkylation sites (tertiary alicyclic amines) is 1. The Kier molecular flexibility index (Phi) is 4.32. The molecular formula is C23H23NO5. The molecular weight excluding hydrogens is 370 g/mol. The van der Waals surface area contributed by atoms with Crippen molar-refractivity contribution in [2.45, 2.75) is 24.9 Å². The highest BCUT2D eigenvalue weighted by atomic mass is 16.6. The van der Waals surface area contributed by atoms with E-state index in [2.05, 4.69) is 24.3 Å². The van der Waals surface area contributed by atoms with Crippen molar-refractivity contribution in [1.82, 2.24) is 4.90 Å². The summed E-state index contributed by atoms with van der Waals surface area (Å²) in [5, 5.41) is 9.76. The summed E-state index contributed by atoms with van der Waals surface area (Å²) >= 11 is 0. The summed E-state index contributed by atoms with van der Waals surface area (Å²) in [4.78, 5) is 26.2. The first-order chi connectivity index (χ1) is 14.1. The number of fused-ring (bicyclic) bond motifs is 4. The summed E-state index contributed by atoms with van der Waals surface area (Å²) in [6.45, 7) is 1.18. The van der Waals surface area contributed by atoms with Crippen LogP contribution >= 0.6 is 0 Å². The molecule has 2 aromatic carbocycles. The molecule has 0 spiro atoms. The Bertz CT molecular complexity index is 928. The number of carbonyl (C=O) groups is 2. The largest absolute Gasteiger partial charge is 0.481 e. The lowest BCUT2D eigenvalue weighted by atomic mass is 9.79. The second-order valence-corrected chi connectivity index (χ2v) is 8.11. The molecule has 0 saturated carbocycles. The molecule has 2 saturated heterocycles. The number of rotatable bonds is 3. The van der Waals surface area contributed by atoms with Gasteiger partial charge in [0.25, 0.3) is 0 Å². The van der Waals surface area contributed by atoms with Gasteiger partial charge in [-0.2, -0.15) is 0 Å². The quantitative estimate of drug-likeness (QED) is 0.864. The van der Waals surface area contributed by atoms with Gasteiger partial charge in [-0.15, -0.1) is 0 Å². The van der Waals surface area contributed by atoms with Crippen molar-refractivity contribution in [3.05, 3.63) is 59.7 Å². The van der Waals surface area contributed by atoms with Crippen LogP contribution in [0.3, 0.4) is 0 Å². The first kappa shape index (κ1) is 18.2. The number of carboxylic acid groups (broad SMARTS) is 1. The molecule has 5 rings (SSSR count). The Balaban J connectivity index is 1.32. The van der Waals surface area contributed by atoms with E-state index in [0.29, 0.717) is 19.4 Å². The Labute approximate surface area is 169 Å². The Morgan fingerprint density at radius 2 is 1.76 bits per heavy atom. The van der Waals surface area contributed by atoms with Crippen molar-refractivity contribution in [2.75, 3.05) is 26.3 Å². The van der Waals surface area contributed by atoms with Crippen LogP contribution in [0.1, 0.15) is 29.9 Å². The van der Waals surface area contributed by atoms with Gasteiger partial charge in [-0.1, -0.05) is 48.5 Å². The van der Waals surface area contributed by atoms with Crippen molar-refractivity contribution in [3.8, 4) is 11.1 Å². The molecule has 2 atom stereocenters. The maximum absolute atomic E-state index is 12.8. The van der Waals surface area contributed by atoms with E-state index in [1.54, 1.807) is 0 Å². The highest BCUT2D eigenvalue weighted by Gasteiger charge is 2.56. The third kappa shape index (κ3) is 2.82. The van der Waals surface area contributed by atoms with Crippen LogP contribution in [0.2, 0.25) is 0 Å². The summed E-state index contributed by atoms with van der Waals surface area (Å²) in [5.41, 5.74) is 3.65. The fourth-order valence-corrected chi connectivity index (χ4v) is 5.08. The minimum atomic E-state index is -1.01. The predicted molar refractivity (Wildman–Crippen MR) is 106 cm³/mol. The first-order valence-electron chi connectivity index (χ1n) is 10.0. The zero-order valence-corrected chi connectivity index (χ0v) is 16.0. The van der Waals surface area contributed by atoms with E-state index in [1.165, 1.54) is 16.0 Å². The fraction of sp³-hybridized carbons (Fsp3) is 0.391. The van der Waals surface area contributed by atoms with Crippen LogP contribution in [0.15, 0.2) is 48.5 Å². The molecule has 1 N–H and O–H groups in total. The smallest absolute Gasteiger partial charge is 0.409 e. The molecule has 6 heteroatoms. The summed E-state index contributed by atoms with van der Waals surface area (Å²) in [7, 11) is 0. The van der Waals surface area contributed by atoms with Crippen LogP contribution in [-0.4, -0.2) is 54.5 Å². The summed E-state index contributed by atoms with van der Waals surface area (Å²) in [6.07, 6.45) is 0.293. The van der Waals surface area contributed by atoms with Gasteiger partial charge < -0.3 is 19.5 Å². The summed E-state index contributed by atoms with van der Waals surface area (Å²) in [6, 6.07) is 16.4. The van der Waals surface area contributed by atoms with Crippen LogP contribution in [-0.2, 0) is 14.3 Å². The minimum Gasteiger partial charge on any atom is -0.481 e. The van der Waals surface area contributed by atoms with Crippen LogP contribution < -0.4 is 0 Å². The molecule has 2 heterocycles. The zero-order chi connectivity index (χ0) is 20.0. The number of carboxylic acids is 1. The summed E-state index contributed by atoms with van der Waals surface area (Å²) < 4.78 is 11.4. The van der Waals surface area contributed by atoms with E-state index < -0.39 is 23.6 Å². The number of ether oxygens (including phenoxy) is 2. The van der Waals surface area contributed by atoms with Crippen LogP contribution in [0.5, 0.6) is 0 Å². The number of amides is 1. The molecule has 0 radical (unpaired) electrons. The van der Waals surface area contributed by atoms with Crippen molar-refractivity contribution in [3.63, 3.8) is 0 Å². The van der Waals surface area contributed by atoms with Gasteiger partial charge in [-0.05, 0) is 35.1 Å². The van der Waals surface area contributed by atoms with Crippen molar-refractivity contribution < 1.29 is 24.2 Å². The standard InChI is InChI=1S/C23H23NO5/c25-21(26)23-10-5-11-28-20(23)12-24(14-23)22(27)29-13-19-17-8-3-1-6-15(17)16-7-2-4-9-18(16)19/h1-4,6-9,19-20H,5,10-14H2,(H,25,26)/t20-,23-/m1/s1. The maximum Gasteiger partial charge on any atom is 0.409 e. The Hall–Kier alpha value is -2.86. The third-order valence-electron chi connectivity index (χ3n) is 6.58. The lowest BCUT2D eigenvalue weighted by Crippen LogP contribution is -2.46. The first-order valence-corrected chi connectivity index (χ1v) is 10.0. The van der Waals surface area contributed by atoms with Gasteiger partial charge in [0, 0.05) is 19.1 Å². The van der Waals surface area contributed by atoms with Crippen molar-refractivity contribution >= 4 is 12.1 Å². The normalized spacial score (nSPS) is 25.2. The van der Waals surface area contributed by atoms with E-state index in [9.17, 15) is 14.7 Å². The number of nitrogens with zero attached hydrogens (tertiary/aromatic N) is 1. The van der Waals surface area contributed by atoms with E-state index in [1.807, 2.05) is 24.3 Å². The number of aliphatic carboxylic acids is 1. The predicted octanol–water partition coefficient (Wildman–Crippen LogP) is 3.50. The molecule has 2 fully saturated rings. The number of carbonyl (C=O) groups excluding carboxylic acids is 1. The van der Waals surface area contributed by atoms with Gasteiger partial charge in [-0.3, -0.25) is 4.79 Å². The maximum atomic E-state index is 12.8. The lowest BCUT2D eigenvalue weighted by molar-refractivity contribution is -0.161. The van der Waals surface area contributed by atoms with Gasteiger partial charge in [0.1, 0.15) is 12.0 Å². The molecule has 0 aromatic heterocycles. The van der Waals surface area contributed by atoms with Crippen molar-refractivity contribution in [2.24, 2.45) is 5.41 Å². The fourth-order valence-electron chi connectivity index (χ4n) is 5.08. The number of benzene rings is 2. The molecule has 29 heavy (non-hydrogen) atoms. The van der Waals surface area contributed by atoms with E-state index in [0.717, 1.165) is 11.1 Å². The molecule has 150 valence electrons. The lowest BCUT2D eigenvalue weighted by Gasteiger charge is -2.33. The number of hydrogen-bond donors (Lipinski definition) is 1. The third-order valence-corrected chi connectivity index (χ3v) is 6.58. The topological polar surface area (TPSA) is 76.1 Å². The Morgan fingerprint density at radius 1 is 1.10 bits per heavy atom. The minimum absolute atomic E-state index is 0.0130. The average molecular weight is 393 g/mol. The Morgan fingerprint density at radius 3 is 2.38 bits per heavy atom. The second kappa shape index (κ2) is 6.88. The van der Waals surface area contributed by atoms with Gasteiger partial charge in [0.05, 0.1) is 12.6 Å².